The number of carbonyl (C=O) groups is 1. The second-order valence-electron chi connectivity index (χ2n) is 8.28. The number of hydrogen-bond donors (Lipinski definition) is 1. The Kier molecular flexibility index (Phi) is 7.18. The van der Waals surface area contributed by atoms with Crippen molar-refractivity contribution in [2.75, 3.05) is 26.7 Å². The highest BCUT2D eigenvalue weighted by atomic mass is 35.5. The summed E-state index contributed by atoms with van der Waals surface area (Å²) < 4.78 is 5.24. The third kappa shape index (κ3) is 5.04. The van der Waals surface area contributed by atoms with Crippen molar-refractivity contribution in [2.45, 2.75) is 51.6 Å². The van der Waals surface area contributed by atoms with Gasteiger partial charge in [-0.1, -0.05) is 30.7 Å². The fraction of sp³-hybridized carbons (Fsp3) is 0.682. The van der Waals surface area contributed by atoms with E-state index in [4.69, 9.17) is 16.3 Å². The summed E-state index contributed by atoms with van der Waals surface area (Å²) in [6, 6.07) is 9.20. The van der Waals surface area contributed by atoms with Crippen molar-refractivity contribution in [1.82, 2.24) is 10.2 Å². The first-order chi connectivity index (χ1) is 13.0. The lowest BCUT2D eigenvalue weighted by Gasteiger charge is -2.34. The molecule has 4 nitrogen and oxygen atoms in total. The number of carbonyl (C=O) groups excluding carboxylic acids is 1. The highest BCUT2D eigenvalue weighted by Gasteiger charge is 2.36. The number of likely N-dealkylation sites (tertiary alicyclic amines) is 1. The van der Waals surface area contributed by atoms with Crippen molar-refractivity contribution in [3.63, 3.8) is 0 Å². The zero-order valence-corrected chi connectivity index (χ0v) is 17.5. The lowest BCUT2D eigenvalue weighted by Crippen LogP contribution is -2.42. The van der Waals surface area contributed by atoms with Gasteiger partial charge in [-0.15, -0.1) is 0 Å². The highest BCUT2D eigenvalue weighted by Crippen LogP contribution is 2.37. The number of halogens is 1. The van der Waals surface area contributed by atoms with E-state index >= 15 is 0 Å². The van der Waals surface area contributed by atoms with Crippen LogP contribution in [0.5, 0.6) is 0 Å². The maximum absolute atomic E-state index is 12.1. The maximum Gasteiger partial charge on any atom is 0.309 e. The van der Waals surface area contributed by atoms with Crippen molar-refractivity contribution in [1.29, 1.82) is 0 Å². The third-order valence-electron chi connectivity index (χ3n) is 6.39. The first kappa shape index (κ1) is 20.6. The molecule has 1 heterocycles. The molecular weight excluding hydrogens is 360 g/mol. The molecule has 27 heavy (non-hydrogen) atoms. The summed E-state index contributed by atoms with van der Waals surface area (Å²) in [6.45, 7) is 6.68. The first-order valence-corrected chi connectivity index (χ1v) is 10.7. The van der Waals surface area contributed by atoms with E-state index in [1.54, 1.807) is 0 Å². The van der Waals surface area contributed by atoms with Crippen molar-refractivity contribution in [3.8, 4) is 0 Å². The van der Waals surface area contributed by atoms with Crippen LogP contribution in [-0.4, -0.2) is 43.7 Å². The average Bonchev–Trinajstić information content (AvgIpc) is 3.00. The number of rotatable bonds is 6. The number of hydrogen-bond acceptors (Lipinski definition) is 4. The van der Waals surface area contributed by atoms with Crippen LogP contribution in [-0.2, 0) is 9.53 Å². The Balaban J connectivity index is 1.54. The molecule has 1 N–H and O–H groups in total. The van der Waals surface area contributed by atoms with Gasteiger partial charge in [0.25, 0.3) is 0 Å². The lowest BCUT2D eigenvalue weighted by molar-refractivity contribution is -0.151. The van der Waals surface area contributed by atoms with Crippen LogP contribution < -0.4 is 5.32 Å². The predicted molar refractivity (Wildman–Crippen MR) is 110 cm³/mol. The monoisotopic (exact) mass is 392 g/mol. The second kappa shape index (κ2) is 9.40. The smallest absolute Gasteiger partial charge is 0.309 e. The summed E-state index contributed by atoms with van der Waals surface area (Å²) >= 11 is 6.22. The van der Waals surface area contributed by atoms with Gasteiger partial charge in [0.2, 0.25) is 0 Å². The summed E-state index contributed by atoms with van der Waals surface area (Å²) in [6.07, 6.45) is 4.24. The van der Waals surface area contributed by atoms with Gasteiger partial charge < -0.3 is 10.1 Å². The summed E-state index contributed by atoms with van der Waals surface area (Å²) in [4.78, 5) is 14.5. The van der Waals surface area contributed by atoms with E-state index in [9.17, 15) is 4.79 Å². The van der Waals surface area contributed by atoms with Crippen LogP contribution in [0.4, 0.5) is 0 Å². The zero-order valence-electron chi connectivity index (χ0n) is 16.8. The molecule has 1 aliphatic heterocycles. The van der Waals surface area contributed by atoms with Crippen LogP contribution in [0.1, 0.15) is 51.1 Å². The predicted octanol–water partition coefficient (Wildman–Crippen LogP) is 4.29. The lowest BCUT2D eigenvalue weighted by atomic mass is 9.78. The van der Waals surface area contributed by atoms with Crippen LogP contribution >= 0.6 is 11.6 Å². The Morgan fingerprint density at radius 2 is 2.15 bits per heavy atom. The molecule has 0 unspecified atom stereocenters. The van der Waals surface area contributed by atoms with E-state index in [1.165, 1.54) is 12.0 Å². The van der Waals surface area contributed by atoms with E-state index in [0.29, 0.717) is 30.5 Å². The molecule has 1 aromatic carbocycles. The molecule has 150 valence electrons. The van der Waals surface area contributed by atoms with Gasteiger partial charge in [-0.3, -0.25) is 9.69 Å². The molecule has 5 heteroatoms. The third-order valence-corrected chi connectivity index (χ3v) is 6.63. The van der Waals surface area contributed by atoms with Crippen LogP contribution in [0, 0.1) is 17.8 Å². The summed E-state index contributed by atoms with van der Waals surface area (Å²) in [5.74, 6) is 1.03. The summed E-state index contributed by atoms with van der Waals surface area (Å²) in [5.41, 5.74) is 1.31. The van der Waals surface area contributed by atoms with Crippen molar-refractivity contribution < 1.29 is 9.53 Å². The molecule has 1 saturated carbocycles. The number of benzene rings is 1. The molecule has 2 fully saturated rings. The number of nitrogens with one attached hydrogen (secondary N) is 1. The molecule has 5 atom stereocenters. The standard InChI is InChI=1S/C22H33ClN2O2/c1-4-27-22(26)20-9-8-19(12-15(20)2)24-14-17-10-11-25(3)21(17)16-6-5-7-18(23)13-16/h5-7,13,15,17,19-21,24H,4,8-12,14H2,1-3H3/t15-,17+,19+,20-,21-/m1/s1. The maximum atomic E-state index is 12.1. The van der Waals surface area contributed by atoms with Crippen LogP contribution in [0.15, 0.2) is 24.3 Å². The van der Waals surface area contributed by atoms with E-state index in [2.05, 4.69) is 36.3 Å². The van der Waals surface area contributed by atoms with Crippen LogP contribution in [0.3, 0.4) is 0 Å². The van der Waals surface area contributed by atoms with Gasteiger partial charge in [-0.05, 0) is 75.7 Å². The van der Waals surface area contributed by atoms with Crippen LogP contribution in [0.25, 0.3) is 0 Å². The largest absolute Gasteiger partial charge is 0.466 e. The number of esters is 1. The van der Waals surface area contributed by atoms with Gasteiger partial charge in [0.1, 0.15) is 0 Å². The first-order valence-electron chi connectivity index (χ1n) is 10.3. The molecule has 0 radical (unpaired) electrons. The van der Waals surface area contributed by atoms with Crippen molar-refractivity contribution in [2.24, 2.45) is 17.8 Å². The molecule has 1 aliphatic carbocycles. The minimum atomic E-state index is -0.0121. The average molecular weight is 393 g/mol. The number of ether oxygens (including phenoxy) is 1. The number of nitrogens with zero attached hydrogens (tertiary/aromatic N) is 1. The topological polar surface area (TPSA) is 41.6 Å². The SMILES string of the molecule is CCOC(=O)[C@@H]1CC[C@H](NC[C@@H]2CCN(C)[C@@H]2c2cccc(Cl)c2)C[C@H]1C. The Bertz CT molecular complexity index is 638. The van der Waals surface area contributed by atoms with Crippen molar-refractivity contribution in [3.05, 3.63) is 34.9 Å². The van der Waals surface area contributed by atoms with Gasteiger partial charge in [-0.25, -0.2) is 0 Å². The molecule has 0 bridgehead atoms. The Hall–Kier alpha value is -1.10. The van der Waals surface area contributed by atoms with Gasteiger partial charge in [0.15, 0.2) is 0 Å². The zero-order chi connectivity index (χ0) is 19.4. The molecule has 1 saturated heterocycles. The molecular formula is C22H33ClN2O2. The van der Waals surface area contributed by atoms with E-state index in [1.807, 2.05) is 19.1 Å². The molecule has 0 spiro atoms. The summed E-state index contributed by atoms with van der Waals surface area (Å²) in [7, 11) is 2.21. The normalized spacial score (nSPS) is 31.8. The molecule has 0 aromatic heterocycles. The fourth-order valence-electron chi connectivity index (χ4n) is 4.96. The minimum absolute atomic E-state index is 0.0121. The second-order valence-corrected chi connectivity index (χ2v) is 8.72. The van der Waals surface area contributed by atoms with E-state index < -0.39 is 0 Å². The van der Waals surface area contributed by atoms with Crippen LogP contribution in [0.2, 0.25) is 5.02 Å². The molecule has 2 aliphatic rings. The van der Waals surface area contributed by atoms with Crippen molar-refractivity contribution >= 4 is 17.6 Å². The molecule has 1 aromatic rings. The van der Waals surface area contributed by atoms with Gasteiger partial charge in [0.05, 0.1) is 12.5 Å². The quantitative estimate of drug-likeness (QED) is 0.733. The Morgan fingerprint density at radius 3 is 2.85 bits per heavy atom. The Labute approximate surface area is 168 Å². The fourth-order valence-corrected chi connectivity index (χ4v) is 5.15. The van der Waals surface area contributed by atoms with Gasteiger partial charge >= 0.3 is 5.97 Å². The summed E-state index contributed by atoms with van der Waals surface area (Å²) in [5, 5.41) is 4.62. The minimum Gasteiger partial charge on any atom is -0.466 e. The molecule has 0 amide bonds. The van der Waals surface area contributed by atoms with Gasteiger partial charge in [0, 0.05) is 23.7 Å². The molecule has 3 rings (SSSR count). The highest BCUT2D eigenvalue weighted by molar-refractivity contribution is 6.30. The van der Waals surface area contributed by atoms with E-state index in [-0.39, 0.29) is 11.9 Å². The van der Waals surface area contributed by atoms with E-state index in [0.717, 1.165) is 37.4 Å². The Morgan fingerprint density at radius 1 is 1.33 bits per heavy atom. The van der Waals surface area contributed by atoms with Gasteiger partial charge in [-0.2, -0.15) is 0 Å².